The fraction of sp³-hybridized carbons (Fsp3) is 0.231. The lowest BCUT2D eigenvalue weighted by Crippen LogP contribution is -2.39. The van der Waals surface area contributed by atoms with Gasteiger partial charge in [0.1, 0.15) is 12.2 Å². The molecule has 4 aromatic rings. The Morgan fingerprint density at radius 3 is 2.77 bits per heavy atom. The first kappa shape index (κ1) is 24.7. The van der Waals surface area contributed by atoms with Gasteiger partial charge in [0.05, 0.1) is 35.8 Å². The number of tetrazole rings is 1. The van der Waals surface area contributed by atoms with Crippen LogP contribution in [-0.4, -0.2) is 60.2 Å². The molecule has 2 aromatic heterocycles. The topological polar surface area (TPSA) is 131 Å². The Hall–Kier alpha value is -4.58. The number of nitrogens with zero attached hydrogens (tertiary/aromatic N) is 6. The van der Waals surface area contributed by atoms with E-state index in [2.05, 4.69) is 35.5 Å². The summed E-state index contributed by atoms with van der Waals surface area (Å²) in [6.07, 6.45) is 5.92. The largest absolute Gasteiger partial charge is 0.453 e. The van der Waals surface area contributed by atoms with Crippen LogP contribution in [0.1, 0.15) is 36.7 Å². The first-order valence-electron chi connectivity index (χ1n) is 12.2. The standard InChI is InChI=1S/C26H22ClFN8O3/c1-39-26(38)31-16-4-2-14(3-5-16)19-12-29-25(32-19)21-8-6-17-10-15(11-22(37)36(17)21)23-20(35-13-30-33-34-35)9-7-18(27)24(23)28/h2-5,7,9,11-13,17,21H,6,8,10H2,1H3,(H,29,32)(H,31,38)/t17?,21-/m0/s1. The molecular formula is C26H22ClFN8O3. The number of carbonyl (C=O) groups is 2. The van der Waals surface area contributed by atoms with Gasteiger partial charge in [0, 0.05) is 23.4 Å². The van der Waals surface area contributed by atoms with Crippen molar-refractivity contribution in [3.63, 3.8) is 0 Å². The monoisotopic (exact) mass is 548 g/mol. The molecule has 2 aromatic carbocycles. The lowest BCUT2D eigenvalue weighted by Gasteiger charge is -2.33. The van der Waals surface area contributed by atoms with E-state index in [0.717, 1.165) is 17.7 Å². The fourth-order valence-electron chi connectivity index (χ4n) is 5.26. The molecule has 0 bridgehead atoms. The van der Waals surface area contributed by atoms with Gasteiger partial charge in [0.15, 0.2) is 5.82 Å². The van der Waals surface area contributed by atoms with Gasteiger partial charge < -0.3 is 14.6 Å². The Balaban J connectivity index is 1.25. The number of rotatable bonds is 5. The number of fused-ring (bicyclic) bond motifs is 1. The van der Waals surface area contributed by atoms with E-state index in [9.17, 15) is 9.59 Å². The van der Waals surface area contributed by atoms with Crippen LogP contribution in [0.4, 0.5) is 14.9 Å². The van der Waals surface area contributed by atoms with Gasteiger partial charge in [-0.2, -0.15) is 4.68 Å². The lowest BCUT2D eigenvalue weighted by atomic mass is 9.92. The van der Waals surface area contributed by atoms with Crippen molar-refractivity contribution in [2.24, 2.45) is 0 Å². The molecule has 2 aliphatic rings. The summed E-state index contributed by atoms with van der Waals surface area (Å²) in [5, 5.41) is 13.7. The molecule has 0 spiro atoms. The van der Waals surface area contributed by atoms with Crippen molar-refractivity contribution in [1.29, 1.82) is 0 Å². The minimum absolute atomic E-state index is 0.0425. The molecule has 1 unspecified atom stereocenters. The molecule has 2 atom stereocenters. The Morgan fingerprint density at radius 2 is 2.03 bits per heavy atom. The van der Waals surface area contributed by atoms with E-state index >= 15 is 4.39 Å². The van der Waals surface area contributed by atoms with Gasteiger partial charge in [-0.3, -0.25) is 10.1 Å². The highest BCUT2D eigenvalue weighted by Gasteiger charge is 2.42. The molecule has 4 heterocycles. The predicted octanol–water partition coefficient (Wildman–Crippen LogP) is 4.54. The second kappa shape index (κ2) is 9.95. The second-order valence-corrected chi connectivity index (χ2v) is 9.66. The third-order valence-corrected chi connectivity index (χ3v) is 7.33. The number of carbonyl (C=O) groups excluding carboxylic acids is 2. The molecule has 0 saturated carbocycles. The summed E-state index contributed by atoms with van der Waals surface area (Å²) in [7, 11) is 1.30. The molecule has 1 fully saturated rings. The SMILES string of the molecule is COC(=O)Nc1ccc(-c2cnc([C@@H]3CCC4CC(c5c(-n6cnnn6)ccc(Cl)c5F)=CC(=O)N43)[nH]2)cc1. The summed E-state index contributed by atoms with van der Waals surface area (Å²) >= 11 is 6.11. The van der Waals surface area contributed by atoms with E-state index in [1.807, 2.05) is 17.0 Å². The Bertz CT molecular complexity index is 1590. The number of benzene rings is 2. The lowest BCUT2D eigenvalue weighted by molar-refractivity contribution is -0.129. The number of H-pyrrole nitrogens is 1. The van der Waals surface area contributed by atoms with Crippen LogP contribution in [0.15, 0.2) is 55.0 Å². The molecule has 13 heteroatoms. The summed E-state index contributed by atoms with van der Waals surface area (Å²) in [5.74, 6) is -0.157. The number of methoxy groups -OCH3 is 1. The predicted molar refractivity (Wildman–Crippen MR) is 139 cm³/mol. The number of aromatic amines is 1. The van der Waals surface area contributed by atoms with Crippen LogP contribution >= 0.6 is 11.6 Å². The van der Waals surface area contributed by atoms with Crippen LogP contribution in [0.5, 0.6) is 0 Å². The van der Waals surface area contributed by atoms with Crippen molar-refractivity contribution in [1.82, 2.24) is 35.1 Å². The van der Waals surface area contributed by atoms with E-state index in [-0.39, 0.29) is 28.6 Å². The number of imidazole rings is 1. The van der Waals surface area contributed by atoms with E-state index < -0.39 is 11.9 Å². The molecule has 1 saturated heterocycles. The summed E-state index contributed by atoms with van der Waals surface area (Å²) in [6, 6.07) is 9.94. The fourth-order valence-corrected chi connectivity index (χ4v) is 5.42. The second-order valence-electron chi connectivity index (χ2n) is 9.25. The van der Waals surface area contributed by atoms with Crippen LogP contribution in [0, 0.1) is 5.82 Å². The average Bonchev–Trinajstić information content (AvgIpc) is 3.71. The van der Waals surface area contributed by atoms with Gasteiger partial charge >= 0.3 is 6.09 Å². The maximum absolute atomic E-state index is 15.3. The van der Waals surface area contributed by atoms with Gasteiger partial charge in [0.2, 0.25) is 5.91 Å². The number of ether oxygens (including phenoxy) is 1. The molecule has 39 heavy (non-hydrogen) atoms. The van der Waals surface area contributed by atoms with E-state index in [4.69, 9.17) is 11.6 Å². The summed E-state index contributed by atoms with van der Waals surface area (Å²) < 4.78 is 21.3. The molecule has 0 radical (unpaired) electrons. The van der Waals surface area contributed by atoms with Crippen molar-refractivity contribution in [3.8, 4) is 16.9 Å². The van der Waals surface area contributed by atoms with Gasteiger partial charge in [-0.1, -0.05) is 23.7 Å². The summed E-state index contributed by atoms with van der Waals surface area (Å²) in [6.45, 7) is 0. The molecule has 2 aliphatic heterocycles. The van der Waals surface area contributed by atoms with Gasteiger partial charge in [-0.05, 0) is 65.1 Å². The number of aromatic nitrogens is 6. The van der Waals surface area contributed by atoms with Gasteiger partial charge in [-0.15, -0.1) is 5.10 Å². The number of amides is 2. The van der Waals surface area contributed by atoms with Crippen molar-refractivity contribution in [3.05, 3.63) is 77.2 Å². The van der Waals surface area contributed by atoms with Crippen LogP contribution in [-0.2, 0) is 9.53 Å². The Kier molecular flexibility index (Phi) is 6.31. The molecule has 2 amide bonds. The number of nitrogens with one attached hydrogen (secondary N) is 2. The van der Waals surface area contributed by atoms with E-state index in [0.29, 0.717) is 35.6 Å². The van der Waals surface area contributed by atoms with E-state index in [1.54, 1.807) is 24.4 Å². The van der Waals surface area contributed by atoms with Crippen molar-refractivity contribution >= 4 is 34.9 Å². The quantitative estimate of drug-likeness (QED) is 0.374. The van der Waals surface area contributed by atoms with Gasteiger partial charge in [-0.25, -0.2) is 14.2 Å². The molecule has 11 nitrogen and oxygen atoms in total. The minimum Gasteiger partial charge on any atom is -0.453 e. The highest BCUT2D eigenvalue weighted by Crippen LogP contribution is 2.44. The van der Waals surface area contributed by atoms with Gasteiger partial charge in [0.25, 0.3) is 0 Å². The zero-order valence-electron chi connectivity index (χ0n) is 20.6. The molecule has 6 rings (SSSR count). The zero-order valence-corrected chi connectivity index (χ0v) is 21.4. The smallest absolute Gasteiger partial charge is 0.411 e. The van der Waals surface area contributed by atoms with Crippen molar-refractivity contribution < 1.29 is 18.7 Å². The number of hydrogen-bond acceptors (Lipinski definition) is 7. The number of hydrogen-bond donors (Lipinski definition) is 2. The van der Waals surface area contributed by atoms with Crippen LogP contribution in [0.3, 0.4) is 0 Å². The Morgan fingerprint density at radius 1 is 1.21 bits per heavy atom. The third-order valence-electron chi connectivity index (χ3n) is 7.04. The van der Waals surface area contributed by atoms with Crippen LogP contribution in [0.2, 0.25) is 5.02 Å². The van der Waals surface area contributed by atoms with Crippen molar-refractivity contribution in [2.75, 3.05) is 12.4 Å². The normalized spacial score (nSPS) is 18.6. The molecule has 198 valence electrons. The minimum atomic E-state index is -0.616. The summed E-state index contributed by atoms with van der Waals surface area (Å²) in [4.78, 5) is 34.6. The van der Waals surface area contributed by atoms with E-state index in [1.165, 1.54) is 30.3 Å². The zero-order chi connectivity index (χ0) is 27.1. The maximum atomic E-state index is 15.3. The van der Waals surface area contributed by atoms with Crippen LogP contribution < -0.4 is 5.32 Å². The van der Waals surface area contributed by atoms with Crippen molar-refractivity contribution in [2.45, 2.75) is 31.3 Å². The van der Waals surface area contributed by atoms with Crippen LogP contribution in [0.25, 0.3) is 22.5 Å². The first-order chi connectivity index (χ1) is 18.9. The Labute approximate surface area is 226 Å². The highest BCUT2D eigenvalue weighted by atomic mass is 35.5. The number of anilines is 1. The molecule has 2 N–H and O–H groups in total. The number of halogens is 2. The molecular weight excluding hydrogens is 527 g/mol. The first-order valence-corrected chi connectivity index (χ1v) is 12.6. The maximum Gasteiger partial charge on any atom is 0.411 e. The highest BCUT2D eigenvalue weighted by molar-refractivity contribution is 6.31. The summed E-state index contributed by atoms with van der Waals surface area (Å²) in [5.41, 5.74) is 3.44. The average molecular weight is 549 g/mol. The third kappa shape index (κ3) is 4.52. The molecule has 0 aliphatic carbocycles.